The Bertz CT molecular complexity index is 42.7. The van der Waals surface area contributed by atoms with Gasteiger partial charge in [-0.2, -0.15) is 0 Å². The molecule has 7 heavy (non-hydrogen) atoms. The summed E-state index contributed by atoms with van der Waals surface area (Å²) in [5.74, 6) is 0.0640. The summed E-state index contributed by atoms with van der Waals surface area (Å²) < 4.78 is 0. The molecule has 1 unspecified atom stereocenters. The van der Waals surface area contributed by atoms with E-state index in [1.165, 1.54) is 6.92 Å². The Kier molecular flexibility index (Phi) is 7.17. The second-order valence-electron chi connectivity index (χ2n) is 1.28. The van der Waals surface area contributed by atoms with Crippen LogP contribution >= 0.6 is 23.2 Å². The van der Waals surface area contributed by atoms with Gasteiger partial charge in [0.2, 0.25) is 0 Å². The SMILES string of the molecule is CC(O)(Cl)CCl.[NaH]. The summed E-state index contributed by atoms with van der Waals surface area (Å²) in [6.45, 7) is 1.43. The number of rotatable bonds is 1. The van der Waals surface area contributed by atoms with Crippen LogP contribution in [0.3, 0.4) is 0 Å². The van der Waals surface area contributed by atoms with Crippen molar-refractivity contribution >= 4 is 52.8 Å². The molecule has 40 valence electrons. The van der Waals surface area contributed by atoms with E-state index in [1.54, 1.807) is 0 Å². The molecular formula is C3H7Cl2NaO. The molecule has 1 N–H and O–H groups in total. The van der Waals surface area contributed by atoms with Crippen molar-refractivity contribution in [2.24, 2.45) is 0 Å². The molecule has 0 aliphatic carbocycles. The number of hydrogen-bond acceptors (Lipinski definition) is 1. The van der Waals surface area contributed by atoms with Crippen molar-refractivity contribution in [3.8, 4) is 0 Å². The van der Waals surface area contributed by atoms with Crippen molar-refractivity contribution in [1.29, 1.82) is 0 Å². The standard InChI is InChI=1S/C3H6Cl2O.Na.H/c1-3(5,6)2-4;;/h6H,2H2,1H3;;. The van der Waals surface area contributed by atoms with E-state index < -0.39 is 5.06 Å². The number of alkyl halides is 2. The molecule has 0 fully saturated rings. The van der Waals surface area contributed by atoms with Crippen molar-refractivity contribution in [2.75, 3.05) is 5.88 Å². The third-order valence-corrected chi connectivity index (χ3v) is 1.03. The molecule has 0 amide bonds. The van der Waals surface area contributed by atoms with Gasteiger partial charge in [-0.25, -0.2) is 0 Å². The fraction of sp³-hybridized carbons (Fsp3) is 1.00. The van der Waals surface area contributed by atoms with Gasteiger partial charge >= 0.3 is 29.6 Å². The zero-order valence-electron chi connectivity index (χ0n) is 3.41. The van der Waals surface area contributed by atoms with Gasteiger partial charge in [0, 0.05) is 0 Å². The molecule has 0 bridgehead atoms. The van der Waals surface area contributed by atoms with Crippen LogP contribution in [-0.4, -0.2) is 45.6 Å². The average molecular weight is 153 g/mol. The molecular weight excluding hydrogens is 146 g/mol. The zero-order valence-corrected chi connectivity index (χ0v) is 4.92. The Morgan fingerprint density at radius 2 is 1.86 bits per heavy atom. The minimum atomic E-state index is -1.22. The van der Waals surface area contributed by atoms with Crippen molar-refractivity contribution < 1.29 is 5.11 Å². The van der Waals surface area contributed by atoms with Crippen LogP contribution in [0.2, 0.25) is 0 Å². The molecule has 4 heteroatoms. The van der Waals surface area contributed by atoms with Crippen LogP contribution in [0.25, 0.3) is 0 Å². The van der Waals surface area contributed by atoms with Crippen molar-refractivity contribution in [3.63, 3.8) is 0 Å². The molecule has 1 nitrogen and oxygen atoms in total. The molecule has 1 atom stereocenters. The van der Waals surface area contributed by atoms with E-state index in [2.05, 4.69) is 0 Å². The summed E-state index contributed by atoms with van der Waals surface area (Å²) in [6.07, 6.45) is 0. The molecule has 0 aliphatic rings. The monoisotopic (exact) mass is 152 g/mol. The Morgan fingerprint density at radius 3 is 1.86 bits per heavy atom. The Balaban J connectivity index is 0. The van der Waals surface area contributed by atoms with Gasteiger partial charge in [-0.05, 0) is 6.92 Å². The first-order valence-corrected chi connectivity index (χ1v) is 2.45. The molecule has 0 spiro atoms. The Morgan fingerprint density at radius 1 is 1.71 bits per heavy atom. The summed E-state index contributed by atoms with van der Waals surface area (Å²) in [4.78, 5) is 0. The molecule has 0 aromatic rings. The molecule has 0 aliphatic heterocycles. The number of halogens is 2. The van der Waals surface area contributed by atoms with Crippen LogP contribution in [0.4, 0.5) is 0 Å². The number of aliphatic hydroxyl groups is 1. The van der Waals surface area contributed by atoms with Gasteiger partial charge in [0.1, 0.15) is 5.06 Å². The van der Waals surface area contributed by atoms with E-state index in [0.717, 1.165) is 0 Å². The van der Waals surface area contributed by atoms with Gasteiger partial charge in [0.15, 0.2) is 0 Å². The fourth-order valence-corrected chi connectivity index (χ4v) is 0. The summed E-state index contributed by atoms with van der Waals surface area (Å²) in [5, 5.41) is 7.24. The predicted molar refractivity (Wildman–Crippen MR) is 34.3 cm³/mol. The molecule has 0 aromatic carbocycles. The molecule has 0 heterocycles. The van der Waals surface area contributed by atoms with Gasteiger partial charge < -0.3 is 5.11 Å². The van der Waals surface area contributed by atoms with Crippen LogP contribution in [-0.2, 0) is 0 Å². The first-order valence-electron chi connectivity index (χ1n) is 1.53. The van der Waals surface area contributed by atoms with Gasteiger partial charge in [0.05, 0.1) is 5.88 Å². The summed E-state index contributed by atoms with van der Waals surface area (Å²) >= 11 is 10.2. The Labute approximate surface area is 75.3 Å². The second-order valence-corrected chi connectivity index (χ2v) is 2.36. The van der Waals surface area contributed by atoms with Gasteiger partial charge in [-0.15, -0.1) is 11.6 Å². The summed E-state index contributed by atoms with van der Waals surface area (Å²) in [5.41, 5.74) is 0. The van der Waals surface area contributed by atoms with E-state index in [4.69, 9.17) is 28.3 Å². The average Bonchev–Trinajstić information content (AvgIpc) is 1.35. The van der Waals surface area contributed by atoms with Crippen molar-refractivity contribution in [3.05, 3.63) is 0 Å². The van der Waals surface area contributed by atoms with Crippen molar-refractivity contribution in [1.82, 2.24) is 0 Å². The topological polar surface area (TPSA) is 20.2 Å². The van der Waals surface area contributed by atoms with E-state index in [1.807, 2.05) is 0 Å². The predicted octanol–water partition coefficient (Wildman–Crippen LogP) is 0.524. The normalized spacial score (nSPS) is 17.1. The minimum absolute atomic E-state index is 0. The summed E-state index contributed by atoms with van der Waals surface area (Å²) in [6, 6.07) is 0. The molecule has 0 aromatic heterocycles. The third-order valence-electron chi connectivity index (χ3n) is 0.244. The van der Waals surface area contributed by atoms with E-state index in [9.17, 15) is 0 Å². The third kappa shape index (κ3) is 11.2. The van der Waals surface area contributed by atoms with Crippen molar-refractivity contribution in [2.45, 2.75) is 12.0 Å². The van der Waals surface area contributed by atoms with Crippen LogP contribution in [0.1, 0.15) is 6.92 Å². The van der Waals surface area contributed by atoms with Crippen LogP contribution < -0.4 is 0 Å². The quantitative estimate of drug-likeness (QED) is 0.430. The fourth-order valence-electron chi connectivity index (χ4n) is 0. The first-order chi connectivity index (χ1) is 2.56. The summed E-state index contributed by atoms with van der Waals surface area (Å²) in [7, 11) is 0. The van der Waals surface area contributed by atoms with Crippen LogP contribution in [0.15, 0.2) is 0 Å². The van der Waals surface area contributed by atoms with Crippen LogP contribution in [0, 0.1) is 0 Å². The number of hydrogen-bond donors (Lipinski definition) is 1. The molecule has 0 radical (unpaired) electrons. The Hall–Kier alpha value is 1.54. The van der Waals surface area contributed by atoms with Gasteiger partial charge in [-0.1, -0.05) is 11.6 Å². The maximum atomic E-state index is 8.46. The van der Waals surface area contributed by atoms with E-state index in [0.29, 0.717) is 0 Å². The van der Waals surface area contributed by atoms with E-state index in [-0.39, 0.29) is 35.4 Å². The van der Waals surface area contributed by atoms with Gasteiger partial charge in [0.25, 0.3) is 0 Å². The van der Waals surface area contributed by atoms with Crippen LogP contribution in [0.5, 0.6) is 0 Å². The van der Waals surface area contributed by atoms with E-state index >= 15 is 0 Å². The second kappa shape index (κ2) is 4.42. The van der Waals surface area contributed by atoms with Gasteiger partial charge in [-0.3, -0.25) is 0 Å². The molecule has 0 rings (SSSR count). The first kappa shape index (κ1) is 11.4. The maximum absolute atomic E-state index is 8.46. The molecule has 0 saturated carbocycles. The molecule has 0 saturated heterocycles. The zero-order chi connectivity index (χ0) is 5.21.